The van der Waals surface area contributed by atoms with Crippen LogP contribution in [-0.2, 0) is 6.54 Å². The number of hydrogen-bond acceptors (Lipinski definition) is 6. The van der Waals surface area contributed by atoms with E-state index in [2.05, 4.69) is 20.9 Å². The summed E-state index contributed by atoms with van der Waals surface area (Å²) in [4.78, 5) is 17.0. The number of aromatic nitrogens is 2. The van der Waals surface area contributed by atoms with Crippen molar-refractivity contribution in [3.63, 3.8) is 0 Å². The first-order valence-corrected chi connectivity index (χ1v) is 10.0. The van der Waals surface area contributed by atoms with Gasteiger partial charge >= 0.3 is 0 Å². The SMILES string of the molecule is N#CCNc1ccc2c(Sc3ccccc3[N+](=O)[O-])cn(Cc3ccccn3)c2c1. The smallest absolute Gasteiger partial charge is 0.283 e. The lowest BCUT2D eigenvalue weighted by Gasteiger charge is -2.07. The molecule has 2 aromatic carbocycles. The molecule has 0 aliphatic rings. The lowest BCUT2D eigenvalue weighted by atomic mass is 10.2. The van der Waals surface area contributed by atoms with Crippen LogP contribution in [0.4, 0.5) is 11.4 Å². The number of nitro groups is 1. The number of nitrogens with zero attached hydrogens (tertiary/aromatic N) is 4. The summed E-state index contributed by atoms with van der Waals surface area (Å²) in [6, 6.07) is 20.5. The van der Waals surface area contributed by atoms with Crippen LogP contribution >= 0.6 is 11.8 Å². The standard InChI is InChI=1S/C22H17N5O2S/c23-10-12-25-16-8-9-18-20(13-16)26(14-17-5-3-4-11-24-17)15-22(18)30-21-7-2-1-6-19(21)27(28)29/h1-9,11,13,15,25H,12,14H2. The number of pyridine rings is 1. The van der Waals surface area contributed by atoms with Crippen molar-refractivity contribution >= 4 is 34.0 Å². The number of anilines is 1. The van der Waals surface area contributed by atoms with E-state index < -0.39 is 0 Å². The summed E-state index contributed by atoms with van der Waals surface area (Å²) in [7, 11) is 0. The Kier molecular flexibility index (Phi) is 5.63. The Morgan fingerprint density at radius 1 is 1.13 bits per heavy atom. The van der Waals surface area contributed by atoms with Gasteiger partial charge in [-0.05, 0) is 36.4 Å². The molecule has 30 heavy (non-hydrogen) atoms. The Labute approximate surface area is 177 Å². The molecule has 7 nitrogen and oxygen atoms in total. The molecule has 2 aromatic heterocycles. The van der Waals surface area contributed by atoms with Gasteiger partial charge in [0.15, 0.2) is 0 Å². The normalized spacial score (nSPS) is 10.6. The van der Waals surface area contributed by atoms with Crippen molar-refractivity contribution in [3.05, 3.63) is 88.9 Å². The van der Waals surface area contributed by atoms with Gasteiger partial charge in [-0.1, -0.05) is 30.0 Å². The lowest BCUT2D eigenvalue weighted by Crippen LogP contribution is -2.01. The molecular weight excluding hydrogens is 398 g/mol. The summed E-state index contributed by atoms with van der Waals surface area (Å²) in [6.07, 6.45) is 3.75. The Balaban J connectivity index is 1.78. The van der Waals surface area contributed by atoms with Crippen molar-refractivity contribution in [2.45, 2.75) is 16.3 Å². The Bertz CT molecular complexity index is 1250. The molecule has 0 spiro atoms. The summed E-state index contributed by atoms with van der Waals surface area (Å²) >= 11 is 1.37. The minimum atomic E-state index is -0.362. The van der Waals surface area contributed by atoms with E-state index in [1.165, 1.54) is 17.8 Å². The summed E-state index contributed by atoms with van der Waals surface area (Å²) in [5.74, 6) is 0. The van der Waals surface area contributed by atoms with E-state index in [0.29, 0.717) is 11.4 Å². The third-order valence-electron chi connectivity index (χ3n) is 4.56. The zero-order chi connectivity index (χ0) is 20.9. The highest BCUT2D eigenvalue weighted by molar-refractivity contribution is 7.99. The minimum Gasteiger partial charge on any atom is -0.372 e. The van der Waals surface area contributed by atoms with Crippen molar-refractivity contribution in [2.24, 2.45) is 0 Å². The number of nitriles is 1. The van der Waals surface area contributed by atoms with Crippen LogP contribution in [0, 0.1) is 21.4 Å². The van der Waals surface area contributed by atoms with Crippen molar-refractivity contribution < 1.29 is 4.92 Å². The van der Waals surface area contributed by atoms with Crippen LogP contribution in [0.15, 0.2) is 82.8 Å². The Hall–Kier alpha value is -3.83. The first-order chi connectivity index (χ1) is 14.7. The number of nitrogens with one attached hydrogen (secondary N) is 1. The number of nitro benzene ring substituents is 1. The maximum absolute atomic E-state index is 11.4. The quantitative estimate of drug-likeness (QED) is 0.257. The fourth-order valence-corrected chi connectivity index (χ4v) is 4.29. The zero-order valence-corrected chi connectivity index (χ0v) is 16.7. The highest BCUT2D eigenvalue weighted by Gasteiger charge is 2.17. The maximum atomic E-state index is 11.4. The van der Waals surface area contributed by atoms with Crippen LogP contribution in [0.2, 0.25) is 0 Å². The van der Waals surface area contributed by atoms with Crippen LogP contribution in [-0.4, -0.2) is 21.0 Å². The Morgan fingerprint density at radius 3 is 2.73 bits per heavy atom. The van der Waals surface area contributed by atoms with Crippen molar-refractivity contribution in [2.75, 3.05) is 11.9 Å². The number of para-hydroxylation sites is 1. The summed E-state index contributed by atoms with van der Waals surface area (Å²) in [6.45, 7) is 0.779. The molecule has 0 radical (unpaired) electrons. The van der Waals surface area contributed by atoms with Crippen LogP contribution in [0.25, 0.3) is 10.9 Å². The summed E-state index contributed by atoms with van der Waals surface area (Å²) in [5.41, 5.74) is 2.80. The van der Waals surface area contributed by atoms with Gasteiger partial charge in [-0.3, -0.25) is 15.1 Å². The first kappa shape index (κ1) is 19.5. The number of rotatable bonds is 7. The van der Waals surface area contributed by atoms with Crippen molar-refractivity contribution in [3.8, 4) is 6.07 Å². The Morgan fingerprint density at radius 2 is 1.97 bits per heavy atom. The molecule has 4 aromatic rings. The molecule has 2 heterocycles. The molecule has 0 aliphatic heterocycles. The highest BCUT2D eigenvalue weighted by Crippen LogP contribution is 2.39. The van der Waals surface area contributed by atoms with Gasteiger partial charge in [0.25, 0.3) is 5.69 Å². The molecule has 0 unspecified atom stereocenters. The van der Waals surface area contributed by atoms with Gasteiger partial charge in [0.05, 0.1) is 33.6 Å². The van der Waals surface area contributed by atoms with Crippen LogP contribution in [0.5, 0.6) is 0 Å². The van der Waals surface area contributed by atoms with E-state index in [1.807, 2.05) is 42.6 Å². The number of fused-ring (bicyclic) bond motifs is 1. The topological polar surface area (TPSA) is 96.8 Å². The van der Waals surface area contributed by atoms with Gasteiger partial charge < -0.3 is 9.88 Å². The third kappa shape index (κ3) is 4.11. The second kappa shape index (κ2) is 8.68. The van der Waals surface area contributed by atoms with E-state index in [9.17, 15) is 10.1 Å². The second-order valence-corrected chi connectivity index (χ2v) is 7.60. The average molecular weight is 415 g/mol. The minimum absolute atomic E-state index is 0.0837. The highest BCUT2D eigenvalue weighted by atomic mass is 32.2. The van der Waals surface area contributed by atoms with Gasteiger partial charge in [0.2, 0.25) is 0 Å². The predicted molar refractivity (Wildman–Crippen MR) is 117 cm³/mol. The van der Waals surface area contributed by atoms with Crippen LogP contribution < -0.4 is 5.32 Å². The monoisotopic (exact) mass is 415 g/mol. The first-order valence-electron chi connectivity index (χ1n) is 9.20. The molecular formula is C22H17N5O2S. The molecule has 4 rings (SSSR count). The largest absolute Gasteiger partial charge is 0.372 e. The van der Waals surface area contributed by atoms with Crippen LogP contribution in [0.3, 0.4) is 0 Å². The fraction of sp³-hybridized carbons (Fsp3) is 0.0909. The summed E-state index contributed by atoms with van der Waals surface area (Å²) in [5, 5.41) is 24.3. The third-order valence-corrected chi connectivity index (χ3v) is 5.67. The number of hydrogen-bond donors (Lipinski definition) is 1. The van der Waals surface area contributed by atoms with Gasteiger partial charge in [-0.25, -0.2) is 0 Å². The fourth-order valence-electron chi connectivity index (χ4n) is 3.20. The van der Waals surface area contributed by atoms with Crippen molar-refractivity contribution in [1.82, 2.24) is 9.55 Å². The van der Waals surface area contributed by atoms with Gasteiger partial charge in [-0.2, -0.15) is 5.26 Å². The molecule has 0 bridgehead atoms. The zero-order valence-electron chi connectivity index (χ0n) is 15.9. The molecule has 8 heteroatoms. The molecule has 0 atom stereocenters. The van der Waals surface area contributed by atoms with Gasteiger partial charge in [-0.15, -0.1) is 0 Å². The van der Waals surface area contributed by atoms with E-state index in [1.54, 1.807) is 24.4 Å². The molecule has 1 N–H and O–H groups in total. The molecule has 148 valence electrons. The molecule has 0 fully saturated rings. The van der Waals surface area contributed by atoms with E-state index in [0.717, 1.165) is 27.2 Å². The van der Waals surface area contributed by atoms with E-state index in [-0.39, 0.29) is 17.2 Å². The lowest BCUT2D eigenvalue weighted by molar-refractivity contribution is -0.387. The molecule has 0 aliphatic carbocycles. The molecule has 0 saturated heterocycles. The average Bonchev–Trinajstić information content (AvgIpc) is 3.09. The van der Waals surface area contributed by atoms with E-state index >= 15 is 0 Å². The van der Waals surface area contributed by atoms with Gasteiger partial charge in [0.1, 0.15) is 6.54 Å². The van der Waals surface area contributed by atoms with E-state index in [4.69, 9.17) is 5.26 Å². The molecule has 0 amide bonds. The van der Waals surface area contributed by atoms with Gasteiger partial charge in [0, 0.05) is 34.4 Å². The second-order valence-electron chi connectivity index (χ2n) is 6.51. The number of benzene rings is 2. The summed E-state index contributed by atoms with van der Waals surface area (Å²) < 4.78 is 2.08. The maximum Gasteiger partial charge on any atom is 0.283 e. The predicted octanol–water partition coefficient (Wildman–Crippen LogP) is 5.08. The molecule has 0 saturated carbocycles. The van der Waals surface area contributed by atoms with Crippen molar-refractivity contribution in [1.29, 1.82) is 5.26 Å². The van der Waals surface area contributed by atoms with Crippen LogP contribution in [0.1, 0.15) is 5.69 Å².